The monoisotopic (exact) mass is 208 g/mol. The molecule has 0 amide bonds. The summed E-state index contributed by atoms with van der Waals surface area (Å²) in [6.07, 6.45) is 2.35. The van der Waals surface area contributed by atoms with E-state index in [4.69, 9.17) is 0 Å². The molecule has 1 aromatic rings. The quantitative estimate of drug-likeness (QED) is 0.544. The van der Waals surface area contributed by atoms with Gasteiger partial charge in [-0.3, -0.25) is 0 Å². The minimum atomic E-state index is -0.327. The van der Waals surface area contributed by atoms with Crippen molar-refractivity contribution in [3.8, 4) is 0 Å². The second-order valence-corrected chi connectivity index (χ2v) is 3.74. The van der Waals surface area contributed by atoms with Crippen molar-refractivity contribution in [3.05, 3.63) is 22.8 Å². The molecule has 0 unspecified atom stereocenters. The summed E-state index contributed by atoms with van der Waals surface area (Å²) in [4.78, 5) is 4.00. The van der Waals surface area contributed by atoms with Gasteiger partial charge in [-0.1, -0.05) is 26.0 Å². The molecule has 1 aromatic heterocycles. The summed E-state index contributed by atoms with van der Waals surface area (Å²) in [5, 5.41) is 0.902. The van der Waals surface area contributed by atoms with Crippen LogP contribution in [-0.4, -0.2) is 15.2 Å². The first-order valence-electron chi connectivity index (χ1n) is 5.07. The van der Waals surface area contributed by atoms with Crippen molar-refractivity contribution in [2.24, 2.45) is 0 Å². The highest BCUT2D eigenvalue weighted by Crippen LogP contribution is 2.11. The number of nitrogens with zero attached hydrogens (tertiary/aromatic N) is 1. The van der Waals surface area contributed by atoms with Crippen LogP contribution >= 0.6 is 0 Å². The first-order chi connectivity index (χ1) is 6.65. The summed E-state index contributed by atoms with van der Waals surface area (Å²) < 4.78 is 13.5. The molecule has 0 aliphatic heterocycles. The normalized spacial score (nSPS) is 10.6. The lowest BCUT2D eigenvalue weighted by Crippen LogP contribution is -2.22. The molecule has 0 aliphatic rings. The molecule has 1 heterocycles. The summed E-state index contributed by atoms with van der Waals surface area (Å²) in [6.45, 7) is 6.00. The van der Waals surface area contributed by atoms with Gasteiger partial charge in [0.1, 0.15) is 0 Å². The van der Waals surface area contributed by atoms with E-state index in [-0.39, 0.29) is 5.95 Å². The average molecular weight is 208 g/mol. The Balaban J connectivity index is 3.39. The molecule has 14 heavy (non-hydrogen) atoms. The molecule has 1 rings (SSSR count). The van der Waals surface area contributed by atoms with E-state index < -0.39 is 0 Å². The van der Waals surface area contributed by atoms with Gasteiger partial charge < -0.3 is 0 Å². The maximum Gasteiger partial charge on any atom is 0.216 e. The molecule has 0 saturated heterocycles. The van der Waals surface area contributed by atoms with Gasteiger partial charge in [-0.2, -0.15) is 4.39 Å². The topological polar surface area (TPSA) is 12.9 Å². The average Bonchev–Trinajstić information content (AvgIpc) is 2.17. The molecular formula is C11H15FNSi. The minimum absolute atomic E-state index is 0.327. The Morgan fingerprint density at radius 2 is 1.64 bits per heavy atom. The maximum absolute atomic E-state index is 13.5. The van der Waals surface area contributed by atoms with Crippen molar-refractivity contribution in [2.75, 3.05) is 0 Å². The van der Waals surface area contributed by atoms with Gasteiger partial charge in [0.05, 0.1) is 10.2 Å². The summed E-state index contributed by atoms with van der Waals surface area (Å²) in [5.41, 5.74) is 2.70. The molecule has 0 aliphatic carbocycles. The van der Waals surface area contributed by atoms with E-state index in [2.05, 4.69) is 22.2 Å². The van der Waals surface area contributed by atoms with Crippen molar-refractivity contribution in [1.29, 1.82) is 0 Å². The van der Waals surface area contributed by atoms with Crippen LogP contribution in [0.3, 0.4) is 0 Å². The summed E-state index contributed by atoms with van der Waals surface area (Å²) in [7, 11) is 3.52. The van der Waals surface area contributed by atoms with E-state index in [1.165, 1.54) is 0 Å². The number of hydrogen-bond acceptors (Lipinski definition) is 1. The third-order valence-corrected chi connectivity index (χ3v) is 3.08. The highest BCUT2D eigenvalue weighted by molar-refractivity contribution is 6.34. The summed E-state index contributed by atoms with van der Waals surface area (Å²) in [5.74, 6) is -0.327. The van der Waals surface area contributed by atoms with Crippen LogP contribution in [0.5, 0.6) is 0 Å². The van der Waals surface area contributed by atoms with Crippen molar-refractivity contribution in [2.45, 2.75) is 40.0 Å². The fourth-order valence-electron chi connectivity index (χ4n) is 1.68. The van der Waals surface area contributed by atoms with Gasteiger partial charge in [0.15, 0.2) is 0 Å². The SMILES string of the molecule is CCc1nc(F)c(CC)c([Si])c1CC. The second-order valence-electron chi connectivity index (χ2n) is 3.24. The highest BCUT2D eigenvalue weighted by Gasteiger charge is 2.13. The van der Waals surface area contributed by atoms with Crippen LogP contribution in [0, 0.1) is 5.95 Å². The summed E-state index contributed by atoms with van der Waals surface area (Å²) in [6, 6.07) is 0. The lowest BCUT2D eigenvalue weighted by molar-refractivity contribution is 0.562. The van der Waals surface area contributed by atoms with E-state index >= 15 is 0 Å². The highest BCUT2D eigenvalue weighted by atomic mass is 28.1. The molecule has 0 saturated carbocycles. The predicted molar refractivity (Wildman–Crippen MR) is 57.7 cm³/mol. The third-order valence-electron chi connectivity index (χ3n) is 2.48. The smallest absolute Gasteiger partial charge is 0.216 e. The van der Waals surface area contributed by atoms with Crippen LogP contribution in [0.2, 0.25) is 0 Å². The van der Waals surface area contributed by atoms with Gasteiger partial charge in [0, 0.05) is 11.3 Å². The number of aryl methyl sites for hydroxylation is 1. The van der Waals surface area contributed by atoms with Gasteiger partial charge >= 0.3 is 0 Å². The van der Waals surface area contributed by atoms with E-state index in [1.807, 2.05) is 13.8 Å². The number of hydrogen-bond donors (Lipinski definition) is 0. The van der Waals surface area contributed by atoms with Crippen molar-refractivity contribution in [3.63, 3.8) is 0 Å². The van der Waals surface area contributed by atoms with Crippen LogP contribution < -0.4 is 5.19 Å². The Labute approximate surface area is 88.2 Å². The molecular weight excluding hydrogens is 193 g/mol. The van der Waals surface area contributed by atoms with Gasteiger partial charge in [-0.15, -0.1) is 0 Å². The van der Waals surface area contributed by atoms with Crippen LogP contribution in [0.25, 0.3) is 0 Å². The molecule has 75 valence electrons. The van der Waals surface area contributed by atoms with Crippen LogP contribution in [0.15, 0.2) is 0 Å². The standard InChI is InChI=1S/C11H15FNSi/c1-4-7-9(6-3)13-11(12)8(5-2)10(7)14/h4-6H2,1-3H3. The minimum Gasteiger partial charge on any atom is -0.224 e. The number of aromatic nitrogens is 1. The van der Waals surface area contributed by atoms with Gasteiger partial charge in [0.2, 0.25) is 5.95 Å². The van der Waals surface area contributed by atoms with Crippen LogP contribution in [0.4, 0.5) is 4.39 Å². The van der Waals surface area contributed by atoms with Gasteiger partial charge in [-0.05, 0) is 24.8 Å². The Bertz CT molecular complexity index is 337. The first kappa shape index (κ1) is 11.4. The molecule has 0 atom stereocenters. The fourth-order valence-corrected chi connectivity index (χ4v) is 2.28. The molecule has 3 heteroatoms. The zero-order valence-electron chi connectivity index (χ0n) is 8.95. The molecule has 0 bridgehead atoms. The molecule has 1 nitrogen and oxygen atoms in total. The van der Waals surface area contributed by atoms with E-state index in [0.29, 0.717) is 12.0 Å². The number of halogens is 1. The Morgan fingerprint density at radius 3 is 2.07 bits per heavy atom. The van der Waals surface area contributed by atoms with Crippen molar-refractivity contribution < 1.29 is 4.39 Å². The Kier molecular flexibility index (Phi) is 3.81. The summed E-state index contributed by atoms with van der Waals surface area (Å²) >= 11 is 0. The number of pyridine rings is 1. The van der Waals surface area contributed by atoms with E-state index in [1.54, 1.807) is 0 Å². The predicted octanol–water partition coefficient (Wildman–Crippen LogP) is 1.70. The molecule has 0 fully saturated rings. The van der Waals surface area contributed by atoms with E-state index in [9.17, 15) is 4.39 Å². The fraction of sp³-hybridized carbons (Fsp3) is 0.545. The van der Waals surface area contributed by atoms with Gasteiger partial charge in [-0.25, -0.2) is 4.98 Å². The Morgan fingerprint density at radius 1 is 1.07 bits per heavy atom. The molecule has 3 radical (unpaired) electrons. The first-order valence-corrected chi connectivity index (χ1v) is 5.57. The molecule has 0 aromatic carbocycles. The Hall–Kier alpha value is -0.703. The maximum atomic E-state index is 13.5. The zero-order valence-corrected chi connectivity index (χ0v) is 9.95. The van der Waals surface area contributed by atoms with Crippen molar-refractivity contribution in [1.82, 2.24) is 4.98 Å². The number of rotatable bonds is 3. The van der Waals surface area contributed by atoms with Crippen LogP contribution in [-0.2, 0) is 19.3 Å². The lowest BCUT2D eigenvalue weighted by Gasteiger charge is -2.13. The lowest BCUT2D eigenvalue weighted by atomic mass is 10.0. The van der Waals surface area contributed by atoms with Gasteiger partial charge in [0.25, 0.3) is 0 Å². The van der Waals surface area contributed by atoms with Crippen molar-refractivity contribution >= 4 is 15.4 Å². The molecule has 0 N–H and O–H groups in total. The van der Waals surface area contributed by atoms with E-state index in [0.717, 1.165) is 29.3 Å². The second kappa shape index (κ2) is 4.69. The third kappa shape index (κ3) is 1.87. The molecule has 0 spiro atoms. The largest absolute Gasteiger partial charge is 0.224 e. The zero-order chi connectivity index (χ0) is 10.7. The van der Waals surface area contributed by atoms with Crippen LogP contribution in [0.1, 0.15) is 37.6 Å².